The lowest BCUT2D eigenvalue weighted by atomic mass is 10.2. The lowest BCUT2D eigenvalue weighted by Crippen LogP contribution is -2.27. The van der Waals surface area contributed by atoms with Gasteiger partial charge < -0.3 is 0 Å². The number of hydrogen-bond donors (Lipinski definition) is 2. The Bertz CT molecular complexity index is 645. The summed E-state index contributed by atoms with van der Waals surface area (Å²) >= 11 is 0. The maximum atomic E-state index is 12.2. The van der Waals surface area contributed by atoms with E-state index in [-0.39, 0.29) is 5.69 Å². The molecule has 2 aromatic heterocycles. The SMILES string of the molecule is NNc1nccc(Cn2nc3n(c2=O)CCCC3)n1. The van der Waals surface area contributed by atoms with Crippen molar-refractivity contribution in [2.24, 2.45) is 5.84 Å². The van der Waals surface area contributed by atoms with Crippen LogP contribution in [0.1, 0.15) is 24.4 Å². The number of aryl methyl sites for hydroxylation is 1. The first kappa shape index (κ1) is 11.8. The molecule has 3 N–H and O–H groups in total. The quantitative estimate of drug-likeness (QED) is 0.570. The standard InChI is InChI=1S/C11H15N7O/c12-15-10-13-5-4-8(14-10)7-18-11(19)17-6-2-1-3-9(17)16-18/h4-5H,1-3,6-7,12H2,(H,13,14,15). The van der Waals surface area contributed by atoms with Gasteiger partial charge in [0.1, 0.15) is 5.82 Å². The van der Waals surface area contributed by atoms with Gasteiger partial charge in [0, 0.05) is 19.2 Å². The lowest BCUT2D eigenvalue weighted by molar-refractivity contribution is 0.511. The molecule has 100 valence electrons. The fourth-order valence-corrected chi connectivity index (χ4v) is 2.26. The summed E-state index contributed by atoms with van der Waals surface area (Å²) in [7, 11) is 0. The summed E-state index contributed by atoms with van der Waals surface area (Å²) in [6.45, 7) is 1.09. The van der Waals surface area contributed by atoms with Crippen LogP contribution >= 0.6 is 0 Å². The van der Waals surface area contributed by atoms with E-state index in [2.05, 4.69) is 20.5 Å². The molecule has 0 unspecified atom stereocenters. The van der Waals surface area contributed by atoms with Crippen molar-refractivity contribution in [1.82, 2.24) is 24.3 Å². The Morgan fingerprint density at radius 2 is 2.32 bits per heavy atom. The van der Waals surface area contributed by atoms with Crippen LogP contribution in [0.5, 0.6) is 0 Å². The summed E-state index contributed by atoms with van der Waals surface area (Å²) in [5.74, 6) is 6.45. The Morgan fingerprint density at radius 3 is 3.11 bits per heavy atom. The average Bonchev–Trinajstić information content (AvgIpc) is 2.76. The smallest absolute Gasteiger partial charge is 0.292 e. The van der Waals surface area contributed by atoms with Gasteiger partial charge in [-0.25, -0.2) is 25.3 Å². The van der Waals surface area contributed by atoms with E-state index in [0.717, 1.165) is 31.6 Å². The number of rotatable bonds is 3. The number of nitrogen functional groups attached to an aromatic ring is 1. The number of nitrogens with two attached hydrogens (primary N) is 1. The first-order valence-electron chi connectivity index (χ1n) is 6.23. The Labute approximate surface area is 109 Å². The van der Waals surface area contributed by atoms with Crippen LogP contribution in [0.2, 0.25) is 0 Å². The number of aromatic nitrogens is 5. The van der Waals surface area contributed by atoms with Crippen molar-refractivity contribution in [1.29, 1.82) is 0 Å². The highest BCUT2D eigenvalue weighted by Gasteiger charge is 2.16. The Balaban J connectivity index is 1.91. The van der Waals surface area contributed by atoms with Crippen LogP contribution < -0.4 is 17.0 Å². The number of fused-ring (bicyclic) bond motifs is 1. The van der Waals surface area contributed by atoms with Crippen LogP contribution in [0, 0.1) is 0 Å². The molecule has 8 heteroatoms. The van der Waals surface area contributed by atoms with Crippen molar-refractivity contribution in [3.8, 4) is 0 Å². The molecule has 0 spiro atoms. The molecule has 0 saturated heterocycles. The maximum absolute atomic E-state index is 12.2. The fraction of sp³-hybridized carbons (Fsp3) is 0.455. The highest BCUT2D eigenvalue weighted by Crippen LogP contribution is 2.10. The van der Waals surface area contributed by atoms with E-state index in [1.54, 1.807) is 16.8 Å². The summed E-state index contributed by atoms with van der Waals surface area (Å²) in [5.41, 5.74) is 3.00. The zero-order valence-electron chi connectivity index (χ0n) is 10.4. The largest absolute Gasteiger partial charge is 0.346 e. The molecule has 0 fully saturated rings. The molecule has 19 heavy (non-hydrogen) atoms. The molecule has 1 aliphatic heterocycles. The van der Waals surface area contributed by atoms with Gasteiger partial charge >= 0.3 is 5.69 Å². The van der Waals surface area contributed by atoms with Gasteiger partial charge in [0.15, 0.2) is 0 Å². The molecule has 3 heterocycles. The van der Waals surface area contributed by atoms with E-state index in [0.29, 0.717) is 18.2 Å². The summed E-state index contributed by atoms with van der Waals surface area (Å²) in [5, 5.41) is 4.36. The van der Waals surface area contributed by atoms with Crippen LogP contribution in [0.25, 0.3) is 0 Å². The predicted octanol–water partition coefficient (Wildman–Crippen LogP) is -0.495. The van der Waals surface area contributed by atoms with Gasteiger partial charge in [0.2, 0.25) is 5.95 Å². The van der Waals surface area contributed by atoms with E-state index < -0.39 is 0 Å². The van der Waals surface area contributed by atoms with Gasteiger partial charge in [-0.2, -0.15) is 5.10 Å². The van der Waals surface area contributed by atoms with E-state index in [1.165, 1.54) is 4.68 Å². The Kier molecular flexibility index (Phi) is 3.00. The monoisotopic (exact) mass is 261 g/mol. The molecule has 1 aliphatic rings. The fourth-order valence-electron chi connectivity index (χ4n) is 2.26. The topological polar surface area (TPSA) is 104 Å². The second-order valence-electron chi connectivity index (χ2n) is 4.48. The molecule has 3 rings (SSSR count). The van der Waals surface area contributed by atoms with Gasteiger partial charge in [0.25, 0.3) is 0 Å². The van der Waals surface area contributed by atoms with Crippen molar-refractivity contribution in [3.63, 3.8) is 0 Å². The lowest BCUT2D eigenvalue weighted by Gasteiger charge is -2.09. The molecular weight excluding hydrogens is 246 g/mol. The van der Waals surface area contributed by atoms with Crippen molar-refractivity contribution in [3.05, 3.63) is 34.3 Å². The minimum Gasteiger partial charge on any atom is -0.292 e. The summed E-state index contributed by atoms with van der Waals surface area (Å²) < 4.78 is 3.19. The second-order valence-corrected chi connectivity index (χ2v) is 4.48. The molecule has 0 amide bonds. The van der Waals surface area contributed by atoms with E-state index >= 15 is 0 Å². The third kappa shape index (κ3) is 2.22. The van der Waals surface area contributed by atoms with Crippen molar-refractivity contribution < 1.29 is 0 Å². The number of nitrogens with one attached hydrogen (secondary N) is 1. The minimum atomic E-state index is -0.0735. The van der Waals surface area contributed by atoms with Crippen LogP contribution in [0.3, 0.4) is 0 Å². The molecular formula is C11H15N7O. The Hall–Kier alpha value is -2.22. The van der Waals surface area contributed by atoms with Crippen molar-refractivity contribution in [2.45, 2.75) is 32.4 Å². The molecule has 0 bridgehead atoms. The first-order valence-corrected chi connectivity index (χ1v) is 6.23. The summed E-state index contributed by atoms with van der Waals surface area (Å²) in [6, 6.07) is 1.74. The number of hydrazine groups is 1. The maximum Gasteiger partial charge on any atom is 0.346 e. The van der Waals surface area contributed by atoms with Gasteiger partial charge in [-0.05, 0) is 18.9 Å². The van der Waals surface area contributed by atoms with Gasteiger partial charge in [0.05, 0.1) is 12.2 Å². The molecule has 0 aromatic carbocycles. The van der Waals surface area contributed by atoms with Crippen molar-refractivity contribution in [2.75, 3.05) is 5.43 Å². The van der Waals surface area contributed by atoms with E-state index in [4.69, 9.17) is 5.84 Å². The Morgan fingerprint density at radius 1 is 1.42 bits per heavy atom. The second kappa shape index (κ2) is 4.81. The molecule has 0 atom stereocenters. The number of anilines is 1. The van der Waals surface area contributed by atoms with Crippen LogP contribution in [0.15, 0.2) is 17.1 Å². The van der Waals surface area contributed by atoms with Crippen LogP contribution in [0.4, 0.5) is 5.95 Å². The predicted molar refractivity (Wildman–Crippen MR) is 68.4 cm³/mol. The molecule has 0 radical (unpaired) electrons. The van der Waals surface area contributed by atoms with E-state index in [9.17, 15) is 4.79 Å². The first-order chi connectivity index (χ1) is 9.28. The van der Waals surface area contributed by atoms with E-state index in [1.807, 2.05) is 0 Å². The third-order valence-corrected chi connectivity index (χ3v) is 3.19. The van der Waals surface area contributed by atoms with Gasteiger partial charge in [-0.15, -0.1) is 0 Å². The minimum absolute atomic E-state index is 0.0735. The zero-order valence-corrected chi connectivity index (χ0v) is 10.4. The highest BCUT2D eigenvalue weighted by atomic mass is 16.2. The number of hydrogen-bond acceptors (Lipinski definition) is 6. The van der Waals surface area contributed by atoms with Crippen molar-refractivity contribution >= 4 is 5.95 Å². The van der Waals surface area contributed by atoms with Crippen LogP contribution in [-0.2, 0) is 19.5 Å². The van der Waals surface area contributed by atoms with Gasteiger partial charge in [-0.1, -0.05) is 0 Å². The summed E-state index contributed by atoms with van der Waals surface area (Å²) in [6.07, 6.45) is 4.58. The molecule has 0 saturated carbocycles. The van der Waals surface area contributed by atoms with Gasteiger partial charge in [-0.3, -0.25) is 9.99 Å². The molecule has 0 aliphatic carbocycles. The van der Waals surface area contributed by atoms with Crippen LogP contribution in [-0.4, -0.2) is 24.3 Å². The molecule has 2 aromatic rings. The summed E-state index contributed by atoms with van der Waals surface area (Å²) in [4.78, 5) is 20.3. The normalized spacial score (nSPS) is 14.2. The molecule has 8 nitrogen and oxygen atoms in total. The number of nitrogens with zero attached hydrogens (tertiary/aromatic N) is 5. The average molecular weight is 261 g/mol. The third-order valence-electron chi connectivity index (χ3n) is 3.19. The zero-order chi connectivity index (χ0) is 13.2. The highest BCUT2D eigenvalue weighted by molar-refractivity contribution is 5.22.